The van der Waals surface area contributed by atoms with Gasteiger partial charge in [-0.2, -0.15) is 0 Å². The van der Waals surface area contributed by atoms with Crippen LogP contribution in [0.25, 0.3) is 0 Å². The molecule has 2 rings (SSSR count). The van der Waals surface area contributed by atoms with Crippen LogP contribution in [0, 0.1) is 0 Å². The highest BCUT2D eigenvalue weighted by Gasteiger charge is 2.10. The van der Waals surface area contributed by atoms with Gasteiger partial charge in [0.1, 0.15) is 5.75 Å². The maximum Gasteiger partial charge on any atom is 0.144 e. The molecule has 4 N–H and O–H groups in total. The predicted octanol–water partition coefficient (Wildman–Crippen LogP) is 2.81. The fraction of sp³-hybridized carbons (Fsp3) is 0.250. The van der Waals surface area contributed by atoms with Crippen LogP contribution in [0.1, 0.15) is 18.5 Å². The van der Waals surface area contributed by atoms with Crippen molar-refractivity contribution in [1.82, 2.24) is 0 Å². The lowest BCUT2D eigenvalue weighted by molar-refractivity contribution is 0.276. The van der Waals surface area contributed by atoms with Crippen LogP contribution in [0.2, 0.25) is 0 Å². The third-order valence-electron chi connectivity index (χ3n) is 3.04. The van der Waals surface area contributed by atoms with Gasteiger partial charge >= 0.3 is 0 Å². The number of nitrogens with one attached hydrogen (secondary N) is 1. The second kappa shape index (κ2) is 6.82. The van der Waals surface area contributed by atoms with E-state index in [0.29, 0.717) is 18.0 Å². The standard InChI is InChI=1S/C16H20N2O2/c1-2-20-16-10-13(8-9-14(16)17)18-15(11-19)12-6-4-3-5-7-12/h3-10,15,18-19H,2,11,17H2,1H3. The van der Waals surface area contributed by atoms with E-state index in [1.807, 2.05) is 49.4 Å². The summed E-state index contributed by atoms with van der Waals surface area (Å²) in [6.07, 6.45) is 0. The third kappa shape index (κ3) is 3.42. The molecule has 0 fully saturated rings. The molecular weight excluding hydrogens is 252 g/mol. The van der Waals surface area contributed by atoms with Gasteiger partial charge in [-0.3, -0.25) is 0 Å². The minimum Gasteiger partial charge on any atom is -0.492 e. The third-order valence-corrected chi connectivity index (χ3v) is 3.04. The van der Waals surface area contributed by atoms with E-state index in [2.05, 4.69) is 5.32 Å². The van der Waals surface area contributed by atoms with Gasteiger partial charge in [0, 0.05) is 11.8 Å². The van der Waals surface area contributed by atoms with Crippen LogP contribution in [0.3, 0.4) is 0 Å². The number of nitrogens with two attached hydrogens (primary N) is 1. The number of hydrogen-bond acceptors (Lipinski definition) is 4. The molecule has 0 saturated heterocycles. The molecule has 4 nitrogen and oxygen atoms in total. The van der Waals surface area contributed by atoms with E-state index in [1.165, 1.54) is 0 Å². The Balaban J connectivity index is 2.17. The summed E-state index contributed by atoms with van der Waals surface area (Å²) in [5.74, 6) is 0.655. The lowest BCUT2D eigenvalue weighted by atomic mass is 10.1. The summed E-state index contributed by atoms with van der Waals surface area (Å²) in [7, 11) is 0. The van der Waals surface area contributed by atoms with Crippen molar-refractivity contribution in [3.63, 3.8) is 0 Å². The van der Waals surface area contributed by atoms with Crippen LogP contribution in [-0.2, 0) is 0 Å². The first-order valence-corrected chi connectivity index (χ1v) is 6.69. The monoisotopic (exact) mass is 272 g/mol. The van der Waals surface area contributed by atoms with Crippen LogP contribution in [0.5, 0.6) is 5.75 Å². The zero-order valence-electron chi connectivity index (χ0n) is 11.5. The number of aliphatic hydroxyl groups excluding tert-OH is 1. The van der Waals surface area contributed by atoms with Crippen molar-refractivity contribution in [1.29, 1.82) is 0 Å². The van der Waals surface area contributed by atoms with E-state index in [0.717, 1.165) is 11.3 Å². The molecule has 0 heterocycles. The van der Waals surface area contributed by atoms with Gasteiger partial charge in [-0.05, 0) is 24.6 Å². The van der Waals surface area contributed by atoms with Gasteiger partial charge < -0.3 is 20.9 Å². The van der Waals surface area contributed by atoms with Gasteiger partial charge in [0.25, 0.3) is 0 Å². The summed E-state index contributed by atoms with van der Waals surface area (Å²) < 4.78 is 5.47. The molecule has 1 atom stereocenters. The Labute approximate surface area is 119 Å². The lowest BCUT2D eigenvalue weighted by Crippen LogP contribution is -2.14. The summed E-state index contributed by atoms with van der Waals surface area (Å²) in [4.78, 5) is 0. The fourth-order valence-electron chi connectivity index (χ4n) is 2.03. The van der Waals surface area contributed by atoms with E-state index in [9.17, 15) is 5.11 Å². The number of hydrogen-bond donors (Lipinski definition) is 3. The highest BCUT2D eigenvalue weighted by atomic mass is 16.5. The van der Waals surface area contributed by atoms with Crippen LogP contribution < -0.4 is 15.8 Å². The number of rotatable bonds is 6. The summed E-state index contributed by atoms with van der Waals surface area (Å²) in [5, 5.41) is 12.8. The molecule has 0 aliphatic heterocycles. The SMILES string of the molecule is CCOc1cc(NC(CO)c2ccccc2)ccc1N. The first-order chi connectivity index (χ1) is 9.74. The molecule has 1 unspecified atom stereocenters. The zero-order chi connectivity index (χ0) is 14.4. The van der Waals surface area contributed by atoms with Crippen LogP contribution in [-0.4, -0.2) is 18.3 Å². The Hall–Kier alpha value is -2.20. The van der Waals surface area contributed by atoms with Gasteiger partial charge in [-0.15, -0.1) is 0 Å². The molecule has 0 aromatic heterocycles. The highest BCUT2D eigenvalue weighted by Crippen LogP contribution is 2.28. The Morgan fingerprint density at radius 3 is 2.60 bits per heavy atom. The van der Waals surface area contributed by atoms with E-state index in [-0.39, 0.29) is 12.6 Å². The van der Waals surface area contributed by atoms with Gasteiger partial charge in [0.2, 0.25) is 0 Å². The van der Waals surface area contributed by atoms with E-state index >= 15 is 0 Å². The molecule has 106 valence electrons. The van der Waals surface area contributed by atoms with Crippen molar-refractivity contribution in [2.45, 2.75) is 13.0 Å². The largest absolute Gasteiger partial charge is 0.492 e. The Morgan fingerprint density at radius 2 is 1.95 bits per heavy atom. The smallest absolute Gasteiger partial charge is 0.144 e. The van der Waals surface area contributed by atoms with Crippen LogP contribution in [0.4, 0.5) is 11.4 Å². The molecule has 2 aromatic rings. The first kappa shape index (κ1) is 14.2. The quantitative estimate of drug-likeness (QED) is 0.707. The number of benzene rings is 2. The second-order valence-electron chi connectivity index (χ2n) is 4.48. The topological polar surface area (TPSA) is 67.5 Å². The maximum atomic E-state index is 9.55. The van der Waals surface area contributed by atoms with E-state index in [4.69, 9.17) is 10.5 Å². The van der Waals surface area contributed by atoms with Crippen molar-refractivity contribution in [2.24, 2.45) is 0 Å². The summed E-state index contributed by atoms with van der Waals surface area (Å²) in [6, 6.07) is 15.2. The molecule has 0 saturated carbocycles. The zero-order valence-corrected chi connectivity index (χ0v) is 11.5. The predicted molar refractivity (Wildman–Crippen MR) is 81.9 cm³/mol. The molecule has 4 heteroatoms. The Morgan fingerprint density at radius 1 is 1.20 bits per heavy atom. The normalized spacial score (nSPS) is 11.9. The van der Waals surface area contributed by atoms with E-state index < -0.39 is 0 Å². The van der Waals surface area contributed by atoms with Gasteiger partial charge in [-0.1, -0.05) is 30.3 Å². The minimum atomic E-state index is -0.158. The van der Waals surface area contributed by atoms with Crippen molar-refractivity contribution >= 4 is 11.4 Å². The molecular formula is C16H20N2O2. The average molecular weight is 272 g/mol. The molecule has 0 spiro atoms. The molecule has 0 radical (unpaired) electrons. The summed E-state index contributed by atoms with van der Waals surface area (Å²) in [5.41, 5.74) is 8.36. The molecule has 0 aliphatic rings. The molecule has 20 heavy (non-hydrogen) atoms. The lowest BCUT2D eigenvalue weighted by Gasteiger charge is -2.19. The van der Waals surface area contributed by atoms with Crippen molar-refractivity contribution < 1.29 is 9.84 Å². The first-order valence-electron chi connectivity index (χ1n) is 6.69. The number of nitrogen functional groups attached to an aromatic ring is 1. The maximum absolute atomic E-state index is 9.55. The molecule has 2 aromatic carbocycles. The van der Waals surface area contributed by atoms with Gasteiger partial charge in [0.15, 0.2) is 0 Å². The number of aliphatic hydroxyl groups is 1. The molecule has 0 amide bonds. The Kier molecular flexibility index (Phi) is 4.85. The molecule has 0 aliphatic carbocycles. The summed E-state index contributed by atoms with van der Waals surface area (Å²) in [6.45, 7) is 2.49. The van der Waals surface area contributed by atoms with Crippen molar-refractivity contribution in [2.75, 3.05) is 24.3 Å². The van der Waals surface area contributed by atoms with Gasteiger partial charge in [0.05, 0.1) is 24.9 Å². The van der Waals surface area contributed by atoms with E-state index in [1.54, 1.807) is 6.07 Å². The Bertz CT molecular complexity index is 543. The van der Waals surface area contributed by atoms with Crippen molar-refractivity contribution in [3.8, 4) is 5.75 Å². The average Bonchev–Trinajstić information content (AvgIpc) is 2.49. The molecule has 0 bridgehead atoms. The van der Waals surface area contributed by atoms with Gasteiger partial charge in [-0.25, -0.2) is 0 Å². The van der Waals surface area contributed by atoms with Crippen LogP contribution >= 0.6 is 0 Å². The van der Waals surface area contributed by atoms with Crippen LogP contribution in [0.15, 0.2) is 48.5 Å². The summed E-state index contributed by atoms with van der Waals surface area (Å²) >= 11 is 0. The minimum absolute atomic E-state index is 0.0123. The number of anilines is 2. The highest BCUT2D eigenvalue weighted by molar-refractivity contribution is 5.61. The fourth-order valence-corrected chi connectivity index (χ4v) is 2.03. The second-order valence-corrected chi connectivity index (χ2v) is 4.48. The number of ether oxygens (including phenoxy) is 1. The van der Waals surface area contributed by atoms with Crippen molar-refractivity contribution in [3.05, 3.63) is 54.1 Å².